The van der Waals surface area contributed by atoms with E-state index < -0.39 is 4.92 Å². The monoisotopic (exact) mass is 340 g/mol. The van der Waals surface area contributed by atoms with Crippen LogP contribution in [0.3, 0.4) is 0 Å². The van der Waals surface area contributed by atoms with Gasteiger partial charge in [0.15, 0.2) is 0 Å². The Balaban J connectivity index is 2.38. The highest BCUT2D eigenvalue weighted by Gasteiger charge is 2.22. The fourth-order valence-corrected chi connectivity index (χ4v) is 2.50. The largest absolute Gasteiger partial charge is 0.497 e. The van der Waals surface area contributed by atoms with Crippen molar-refractivity contribution in [3.8, 4) is 5.75 Å². The van der Waals surface area contributed by atoms with E-state index in [0.29, 0.717) is 5.76 Å². The Morgan fingerprint density at radius 3 is 2.65 bits per heavy atom. The summed E-state index contributed by atoms with van der Waals surface area (Å²) in [4.78, 5) is 10.1. The Morgan fingerprint density at radius 1 is 1.40 bits per heavy atom. The van der Waals surface area contributed by atoms with Gasteiger partial charge in [0.2, 0.25) is 0 Å². The number of nitro groups is 1. The van der Waals surface area contributed by atoms with Crippen molar-refractivity contribution in [3.05, 3.63) is 56.2 Å². The molecule has 7 heteroatoms. The van der Waals surface area contributed by atoms with Crippen LogP contribution >= 0.6 is 15.9 Å². The van der Waals surface area contributed by atoms with Crippen LogP contribution in [0.25, 0.3) is 0 Å². The summed E-state index contributed by atoms with van der Waals surface area (Å²) >= 11 is 3.47. The van der Waals surface area contributed by atoms with Gasteiger partial charge in [-0.05, 0) is 30.8 Å². The number of rotatable bonds is 5. The number of methoxy groups -OCH3 is 1. The molecule has 1 aromatic heterocycles. The Kier molecular flexibility index (Phi) is 4.41. The highest BCUT2D eigenvalue weighted by Crippen LogP contribution is 2.33. The van der Waals surface area contributed by atoms with E-state index in [9.17, 15) is 10.1 Å². The number of halogens is 1. The lowest BCUT2D eigenvalue weighted by Crippen LogP contribution is -2.17. The van der Waals surface area contributed by atoms with E-state index in [4.69, 9.17) is 9.15 Å². The maximum absolute atomic E-state index is 10.7. The number of benzene rings is 1. The number of furan rings is 1. The van der Waals surface area contributed by atoms with Crippen molar-refractivity contribution in [2.24, 2.45) is 0 Å². The third kappa shape index (κ3) is 2.83. The van der Waals surface area contributed by atoms with Crippen molar-refractivity contribution in [1.82, 2.24) is 5.32 Å². The van der Waals surface area contributed by atoms with E-state index in [1.54, 1.807) is 20.2 Å². The minimum absolute atomic E-state index is 0.273. The van der Waals surface area contributed by atoms with Gasteiger partial charge in [0, 0.05) is 4.47 Å². The van der Waals surface area contributed by atoms with E-state index in [0.717, 1.165) is 15.8 Å². The Hall–Kier alpha value is -1.86. The van der Waals surface area contributed by atoms with Crippen LogP contribution in [0.5, 0.6) is 5.75 Å². The molecule has 2 rings (SSSR count). The first-order chi connectivity index (χ1) is 9.56. The molecule has 1 atom stereocenters. The van der Waals surface area contributed by atoms with Crippen molar-refractivity contribution >= 4 is 21.8 Å². The Morgan fingerprint density at radius 2 is 2.15 bits per heavy atom. The normalized spacial score (nSPS) is 12.2. The molecule has 1 heterocycles. The maximum Gasteiger partial charge on any atom is 0.433 e. The summed E-state index contributed by atoms with van der Waals surface area (Å²) in [6.07, 6.45) is 0. The van der Waals surface area contributed by atoms with Crippen LogP contribution < -0.4 is 10.1 Å². The fraction of sp³-hybridized carbons (Fsp3) is 0.231. The van der Waals surface area contributed by atoms with Gasteiger partial charge in [-0.3, -0.25) is 10.1 Å². The van der Waals surface area contributed by atoms with Crippen LogP contribution in [0, 0.1) is 10.1 Å². The van der Waals surface area contributed by atoms with E-state index >= 15 is 0 Å². The Labute approximate surface area is 124 Å². The zero-order valence-electron chi connectivity index (χ0n) is 10.9. The molecule has 1 aromatic carbocycles. The predicted octanol–water partition coefficient (Wildman–Crippen LogP) is 3.27. The summed E-state index contributed by atoms with van der Waals surface area (Å²) in [7, 11) is 3.35. The molecule has 0 amide bonds. The van der Waals surface area contributed by atoms with Crippen molar-refractivity contribution in [2.45, 2.75) is 6.04 Å². The summed E-state index contributed by atoms with van der Waals surface area (Å²) in [5.74, 6) is 0.927. The fourth-order valence-electron chi connectivity index (χ4n) is 1.92. The third-order valence-corrected chi connectivity index (χ3v) is 3.57. The molecule has 0 radical (unpaired) electrons. The summed E-state index contributed by atoms with van der Waals surface area (Å²) in [5.41, 5.74) is 0.901. The molecule has 106 valence electrons. The van der Waals surface area contributed by atoms with Crippen LogP contribution in [0.4, 0.5) is 5.88 Å². The second-order valence-electron chi connectivity index (χ2n) is 4.04. The minimum Gasteiger partial charge on any atom is -0.497 e. The molecule has 0 aliphatic rings. The molecule has 1 unspecified atom stereocenters. The second kappa shape index (κ2) is 6.06. The van der Waals surface area contributed by atoms with Gasteiger partial charge in [0.1, 0.15) is 16.4 Å². The van der Waals surface area contributed by atoms with Gasteiger partial charge >= 0.3 is 5.88 Å². The molecule has 1 N–H and O–H groups in total. The molecule has 0 saturated heterocycles. The molecule has 6 nitrogen and oxygen atoms in total. The van der Waals surface area contributed by atoms with Crippen LogP contribution in [-0.4, -0.2) is 19.1 Å². The first-order valence-electron chi connectivity index (χ1n) is 5.81. The van der Waals surface area contributed by atoms with E-state index in [1.807, 2.05) is 18.2 Å². The Bertz CT molecular complexity index is 627. The van der Waals surface area contributed by atoms with Crippen molar-refractivity contribution in [3.63, 3.8) is 0 Å². The van der Waals surface area contributed by atoms with Crippen molar-refractivity contribution in [2.75, 3.05) is 14.2 Å². The van der Waals surface area contributed by atoms with Gasteiger partial charge in [0.05, 0.1) is 19.2 Å². The van der Waals surface area contributed by atoms with Gasteiger partial charge in [-0.2, -0.15) is 0 Å². The summed E-state index contributed by atoms with van der Waals surface area (Å²) < 4.78 is 11.2. The van der Waals surface area contributed by atoms with Gasteiger partial charge in [-0.1, -0.05) is 22.0 Å². The number of ether oxygens (including phenoxy) is 1. The van der Waals surface area contributed by atoms with Crippen molar-refractivity contribution < 1.29 is 14.1 Å². The van der Waals surface area contributed by atoms with Gasteiger partial charge < -0.3 is 14.5 Å². The van der Waals surface area contributed by atoms with E-state index in [2.05, 4.69) is 21.2 Å². The average Bonchev–Trinajstić information content (AvgIpc) is 2.91. The average molecular weight is 341 g/mol. The smallest absolute Gasteiger partial charge is 0.433 e. The minimum atomic E-state index is -0.556. The lowest BCUT2D eigenvalue weighted by atomic mass is 10.0. The maximum atomic E-state index is 10.7. The quantitative estimate of drug-likeness (QED) is 0.667. The van der Waals surface area contributed by atoms with Crippen LogP contribution in [-0.2, 0) is 0 Å². The second-order valence-corrected chi connectivity index (χ2v) is 4.90. The van der Waals surface area contributed by atoms with Crippen molar-refractivity contribution in [1.29, 1.82) is 0 Å². The standard InChI is InChI=1S/C13H13BrN2O4/c1-15-13(11-5-6-12(20-11)16(17)18)9-4-3-8(19-2)7-10(9)14/h3-7,13,15H,1-2H3. The lowest BCUT2D eigenvalue weighted by Gasteiger charge is -2.16. The first kappa shape index (κ1) is 14.5. The number of hydrogen-bond acceptors (Lipinski definition) is 5. The van der Waals surface area contributed by atoms with Gasteiger partial charge in [-0.25, -0.2) is 0 Å². The molecule has 2 aromatic rings. The zero-order chi connectivity index (χ0) is 14.7. The predicted molar refractivity (Wildman–Crippen MR) is 77.0 cm³/mol. The molecule has 0 aliphatic heterocycles. The number of nitrogens with one attached hydrogen (secondary N) is 1. The highest BCUT2D eigenvalue weighted by atomic mass is 79.9. The summed E-state index contributed by atoms with van der Waals surface area (Å²) in [6.45, 7) is 0. The molecule has 0 fully saturated rings. The zero-order valence-corrected chi connectivity index (χ0v) is 12.5. The van der Waals surface area contributed by atoms with Gasteiger partial charge in [0.25, 0.3) is 0 Å². The highest BCUT2D eigenvalue weighted by molar-refractivity contribution is 9.10. The molecule has 0 saturated carbocycles. The summed E-state index contributed by atoms with van der Waals surface area (Å²) in [6, 6.07) is 8.17. The van der Waals surface area contributed by atoms with Crippen LogP contribution in [0.2, 0.25) is 0 Å². The first-order valence-corrected chi connectivity index (χ1v) is 6.61. The third-order valence-electron chi connectivity index (χ3n) is 2.88. The SMILES string of the molecule is CNC(c1ccc([N+](=O)[O-])o1)c1ccc(OC)cc1Br. The molecule has 20 heavy (non-hydrogen) atoms. The molecular formula is C13H13BrN2O4. The van der Waals surface area contributed by atoms with Crippen LogP contribution in [0.15, 0.2) is 39.2 Å². The summed E-state index contributed by atoms with van der Waals surface area (Å²) in [5, 5.41) is 13.8. The molecule has 0 spiro atoms. The molecular weight excluding hydrogens is 328 g/mol. The lowest BCUT2D eigenvalue weighted by molar-refractivity contribution is -0.402. The number of hydrogen-bond donors (Lipinski definition) is 1. The van der Waals surface area contributed by atoms with Crippen LogP contribution in [0.1, 0.15) is 17.4 Å². The topological polar surface area (TPSA) is 77.5 Å². The number of nitrogens with zero attached hydrogens (tertiary/aromatic N) is 1. The van der Waals surface area contributed by atoms with E-state index in [1.165, 1.54) is 6.07 Å². The van der Waals surface area contributed by atoms with E-state index in [-0.39, 0.29) is 11.9 Å². The molecule has 0 bridgehead atoms. The van der Waals surface area contributed by atoms with Gasteiger partial charge in [-0.15, -0.1) is 0 Å². The molecule has 0 aliphatic carbocycles.